The average molecular weight is 336 g/mol. The fourth-order valence-electron chi connectivity index (χ4n) is 2.34. The van der Waals surface area contributed by atoms with Crippen LogP contribution in [0, 0.1) is 5.92 Å². The van der Waals surface area contributed by atoms with Gasteiger partial charge in [-0.15, -0.1) is 0 Å². The number of carbonyl (C=O) groups excluding carboxylic acids is 1. The Bertz CT molecular complexity index is 631. The molecule has 1 aliphatic heterocycles. The number of hydrogen-bond donors (Lipinski definition) is 0. The molecule has 0 radical (unpaired) electrons. The van der Waals surface area contributed by atoms with Crippen molar-refractivity contribution < 1.29 is 13.2 Å². The first kappa shape index (κ1) is 15.6. The molecule has 0 bridgehead atoms. The zero-order chi connectivity index (χ0) is 14.9. The summed E-state index contributed by atoms with van der Waals surface area (Å²) in [6, 6.07) is 3.92. The van der Waals surface area contributed by atoms with Gasteiger partial charge in [-0.25, -0.2) is 8.42 Å². The second kappa shape index (κ2) is 5.92. The maximum Gasteiger partial charge on any atom is 0.261 e. The third-order valence-corrected chi connectivity index (χ3v) is 5.28. The fourth-order valence-corrected chi connectivity index (χ4v) is 3.32. The van der Waals surface area contributed by atoms with Gasteiger partial charge in [0.15, 0.2) is 0 Å². The normalized spacial score (nSPS) is 19.4. The number of nitrogens with zero attached hydrogens (tertiary/aromatic N) is 1. The summed E-state index contributed by atoms with van der Waals surface area (Å²) in [4.78, 5) is 14.0. The maximum atomic E-state index is 12.4. The Morgan fingerprint density at radius 3 is 2.70 bits per heavy atom. The lowest BCUT2D eigenvalue weighted by molar-refractivity contribution is 0.0787. The predicted octanol–water partition coefficient (Wildman–Crippen LogP) is 3.14. The number of benzene rings is 1. The van der Waals surface area contributed by atoms with Crippen molar-refractivity contribution >= 4 is 37.2 Å². The van der Waals surface area contributed by atoms with Gasteiger partial charge in [0.2, 0.25) is 0 Å². The molecule has 0 aromatic heterocycles. The minimum absolute atomic E-state index is 0.113. The van der Waals surface area contributed by atoms with Gasteiger partial charge < -0.3 is 4.90 Å². The number of hydrogen-bond acceptors (Lipinski definition) is 3. The maximum absolute atomic E-state index is 12.4. The SMILES string of the molecule is CCC1CCN(C(=O)c2cc(S(=O)(=O)Cl)ccc2Cl)C1. The molecule has 20 heavy (non-hydrogen) atoms. The van der Waals surface area contributed by atoms with E-state index in [2.05, 4.69) is 6.92 Å². The van der Waals surface area contributed by atoms with Crippen molar-refractivity contribution in [3.63, 3.8) is 0 Å². The van der Waals surface area contributed by atoms with Gasteiger partial charge in [0.1, 0.15) is 0 Å². The van der Waals surface area contributed by atoms with E-state index in [0.717, 1.165) is 12.8 Å². The van der Waals surface area contributed by atoms with Gasteiger partial charge >= 0.3 is 0 Å². The number of carbonyl (C=O) groups is 1. The molecule has 110 valence electrons. The summed E-state index contributed by atoms with van der Waals surface area (Å²) in [6.07, 6.45) is 1.99. The van der Waals surface area contributed by atoms with Crippen LogP contribution in [0.15, 0.2) is 23.1 Å². The molecular weight excluding hydrogens is 321 g/mol. The Kier molecular flexibility index (Phi) is 4.62. The summed E-state index contributed by atoms with van der Waals surface area (Å²) in [5, 5.41) is 0.235. The smallest absolute Gasteiger partial charge is 0.261 e. The van der Waals surface area contributed by atoms with Crippen LogP contribution in [0.1, 0.15) is 30.1 Å². The fraction of sp³-hybridized carbons (Fsp3) is 0.462. The van der Waals surface area contributed by atoms with Crippen LogP contribution >= 0.6 is 22.3 Å². The zero-order valence-electron chi connectivity index (χ0n) is 11.0. The minimum Gasteiger partial charge on any atom is -0.338 e. The minimum atomic E-state index is -3.87. The summed E-state index contributed by atoms with van der Waals surface area (Å²) in [7, 11) is 1.43. The summed E-state index contributed by atoms with van der Waals surface area (Å²) in [6.45, 7) is 3.45. The molecule has 0 N–H and O–H groups in total. The molecule has 1 amide bonds. The monoisotopic (exact) mass is 335 g/mol. The molecule has 1 aliphatic rings. The van der Waals surface area contributed by atoms with E-state index in [1.54, 1.807) is 4.90 Å². The van der Waals surface area contributed by atoms with E-state index in [0.29, 0.717) is 19.0 Å². The lowest BCUT2D eigenvalue weighted by atomic mass is 10.1. The number of rotatable bonds is 3. The Labute approximate surface area is 128 Å². The van der Waals surface area contributed by atoms with E-state index in [1.807, 2.05) is 0 Å². The Morgan fingerprint density at radius 1 is 1.45 bits per heavy atom. The van der Waals surface area contributed by atoms with Crippen LogP contribution in [0.4, 0.5) is 0 Å². The lowest BCUT2D eigenvalue weighted by Crippen LogP contribution is -2.29. The average Bonchev–Trinajstić information content (AvgIpc) is 2.86. The highest BCUT2D eigenvalue weighted by Crippen LogP contribution is 2.27. The van der Waals surface area contributed by atoms with Crippen LogP contribution in [0.5, 0.6) is 0 Å². The van der Waals surface area contributed by atoms with E-state index in [-0.39, 0.29) is 21.4 Å². The van der Waals surface area contributed by atoms with Crippen molar-refractivity contribution in [3.8, 4) is 0 Å². The van der Waals surface area contributed by atoms with Crippen molar-refractivity contribution in [3.05, 3.63) is 28.8 Å². The molecule has 1 saturated heterocycles. The highest BCUT2D eigenvalue weighted by molar-refractivity contribution is 8.13. The molecule has 1 heterocycles. The van der Waals surface area contributed by atoms with Gasteiger partial charge in [0.05, 0.1) is 15.5 Å². The first-order valence-corrected chi connectivity index (χ1v) is 9.05. The standard InChI is InChI=1S/C13H15Cl2NO3S/c1-2-9-5-6-16(8-9)13(17)11-7-10(20(15,18)19)3-4-12(11)14/h3-4,7,9H,2,5-6,8H2,1H3. The second-order valence-corrected chi connectivity index (χ2v) is 7.87. The van der Waals surface area contributed by atoms with Gasteiger partial charge in [0, 0.05) is 23.8 Å². The van der Waals surface area contributed by atoms with Gasteiger partial charge in [0.25, 0.3) is 15.0 Å². The summed E-state index contributed by atoms with van der Waals surface area (Å²) in [5.41, 5.74) is 0.185. The first-order chi connectivity index (χ1) is 9.32. The van der Waals surface area contributed by atoms with Gasteiger partial charge in [-0.3, -0.25) is 4.79 Å². The predicted molar refractivity (Wildman–Crippen MR) is 78.8 cm³/mol. The van der Waals surface area contributed by atoms with Gasteiger partial charge in [-0.05, 0) is 30.5 Å². The van der Waals surface area contributed by atoms with E-state index < -0.39 is 9.05 Å². The lowest BCUT2D eigenvalue weighted by Gasteiger charge is -2.17. The van der Waals surface area contributed by atoms with Crippen LogP contribution in [0.3, 0.4) is 0 Å². The molecule has 1 aromatic carbocycles. The van der Waals surface area contributed by atoms with Crippen LogP contribution in [0.2, 0.25) is 5.02 Å². The molecule has 1 unspecified atom stereocenters. The zero-order valence-corrected chi connectivity index (χ0v) is 13.3. The molecule has 0 spiro atoms. The highest BCUT2D eigenvalue weighted by Gasteiger charge is 2.27. The van der Waals surface area contributed by atoms with Crippen molar-refractivity contribution in [2.24, 2.45) is 5.92 Å². The summed E-state index contributed by atoms with van der Waals surface area (Å²) < 4.78 is 22.7. The number of halogens is 2. The van der Waals surface area contributed by atoms with Crippen molar-refractivity contribution in [2.45, 2.75) is 24.7 Å². The molecule has 4 nitrogen and oxygen atoms in total. The Morgan fingerprint density at radius 2 is 2.15 bits per heavy atom. The molecule has 1 atom stereocenters. The van der Waals surface area contributed by atoms with Crippen LogP contribution in [-0.4, -0.2) is 32.3 Å². The molecule has 1 aromatic rings. The second-order valence-electron chi connectivity index (χ2n) is 4.89. The first-order valence-electron chi connectivity index (χ1n) is 6.36. The van der Waals surface area contributed by atoms with Crippen molar-refractivity contribution in [1.82, 2.24) is 4.90 Å². The molecule has 7 heteroatoms. The van der Waals surface area contributed by atoms with Crippen LogP contribution < -0.4 is 0 Å². The Balaban J connectivity index is 2.30. The van der Waals surface area contributed by atoms with E-state index in [9.17, 15) is 13.2 Å². The van der Waals surface area contributed by atoms with Gasteiger partial charge in [-0.2, -0.15) is 0 Å². The summed E-state index contributed by atoms with van der Waals surface area (Å²) >= 11 is 6.00. The van der Waals surface area contributed by atoms with Crippen LogP contribution in [0.25, 0.3) is 0 Å². The Hall–Kier alpha value is -0.780. The van der Waals surface area contributed by atoms with Crippen molar-refractivity contribution in [2.75, 3.05) is 13.1 Å². The largest absolute Gasteiger partial charge is 0.338 e. The summed E-state index contributed by atoms with van der Waals surface area (Å²) in [5.74, 6) is 0.255. The number of likely N-dealkylation sites (tertiary alicyclic amines) is 1. The van der Waals surface area contributed by atoms with Gasteiger partial charge in [-0.1, -0.05) is 24.9 Å². The van der Waals surface area contributed by atoms with E-state index in [4.69, 9.17) is 22.3 Å². The van der Waals surface area contributed by atoms with Crippen LogP contribution in [-0.2, 0) is 9.05 Å². The molecule has 2 rings (SSSR count). The quantitative estimate of drug-likeness (QED) is 0.797. The molecule has 0 saturated carbocycles. The molecule has 0 aliphatic carbocycles. The third-order valence-electron chi connectivity index (χ3n) is 3.60. The number of amides is 1. The third kappa shape index (κ3) is 3.27. The molecule has 1 fully saturated rings. The van der Waals surface area contributed by atoms with E-state index in [1.165, 1.54) is 18.2 Å². The van der Waals surface area contributed by atoms with E-state index >= 15 is 0 Å². The highest BCUT2D eigenvalue weighted by atomic mass is 35.7. The van der Waals surface area contributed by atoms with Crippen molar-refractivity contribution in [1.29, 1.82) is 0 Å². The molecular formula is C13H15Cl2NO3S. The topological polar surface area (TPSA) is 54.5 Å².